The molecule has 0 unspecified atom stereocenters. The largest absolute Gasteiger partial charge is 0.229 e. The van der Waals surface area contributed by atoms with Crippen molar-refractivity contribution in [3.8, 4) is 0 Å². The summed E-state index contributed by atoms with van der Waals surface area (Å²) in [4.78, 5) is 0. The summed E-state index contributed by atoms with van der Waals surface area (Å²) in [6.45, 7) is 8.50. The van der Waals surface area contributed by atoms with Gasteiger partial charge in [-0.05, 0) is 112 Å². The topological polar surface area (TPSA) is 34.1 Å². The third-order valence-corrected chi connectivity index (χ3v) is 9.52. The van der Waals surface area contributed by atoms with Crippen molar-refractivity contribution in [1.29, 1.82) is 0 Å². The van der Waals surface area contributed by atoms with Crippen LogP contribution in [0.15, 0.2) is 33.2 Å². The molecule has 0 bridgehead atoms. The second-order valence-corrected chi connectivity index (χ2v) is 13.5. The zero-order chi connectivity index (χ0) is 24.3. The first-order valence-electron chi connectivity index (χ1n) is 11.1. The van der Waals surface area contributed by atoms with Crippen molar-refractivity contribution in [3.05, 3.63) is 66.6 Å². The molecule has 6 heteroatoms. The van der Waals surface area contributed by atoms with Crippen molar-refractivity contribution < 1.29 is 8.42 Å². The number of halogens is 2. The molecule has 0 heterocycles. The molecule has 2 aromatic carbocycles. The summed E-state index contributed by atoms with van der Waals surface area (Å²) in [6.07, 6.45) is 9.94. The normalized spacial score (nSPS) is 11.2. The molecule has 32 heavy (non-hydrogen) atoms. The second-order valence-electron chi connectivity index (χ2n) is 8.62. The van der Waals surface area contributed by atoms with Crippen LogP contribution < -0.4 is 0 Å². The minimum Gasteiger partial charge on any atom is -0.229 e. The van der Waals surface area contributed by atoms with Gasteiger partial charge in [0.05, 0.1) is 0 Å². The summed E-state index contributed by atoms with van der Waals surface area (Å²) in [5.74, 6) is 1.58. The van der Waals surface area contributed by atoms with E-state index in [0.29, 0.717) is 5.75 Å². The van der Waals surface area contributed by atoms with Gasteiger partial charge in [0.25, 0.3) is 0 Å². The Kier molecular flexibility index (Phi) is 13.8. The van der Waals surface area contributed by atoms with Crippen LogP contribution in [0, 0.1) is 27.7 Å². The SMILES string of the molecule is CSCCCCc1cc(C)c(Br)c(C)c1.Cc1cc(CCCCS(C)(=O)=O)cc(C)c1Br. The van der Waals surface area contributed by atoms with E-state index in [9.17, 15) is 8.42 Å². The Morgan fingerprint density at radius 3 is 1.44 bits per heavy atom. The van der Waals surface area contributed by atoms with Crippen LogP contribution in [0.2, 0.25) is 0 Å². The first kappa shape index (κ1) is 29.7. The molecule has 0 radical (unpaired) electrons. The summed E-state index contributed by atoms with van der Waals surface area (Å²) < 4.78 is 24.4. The van der Waals surface area contributed by atoms with Crippen molar-refractivity contribution in [3.63, 3.8) is 0 Å². The number of thioether (sulfide) groups is 1. The monoisotopic (exact) mass is 604 g/mol. The standard InChI is InChI=1S/C13H19BrO2S.C13H19BrS/c1-10-8-12(9-11(2)13(10)14)6-4-5-7-17(3,15)16;1-10-8-12(6-4-5-7-15-3)9-11(2)13(10)14/h8-9H,4-7H2,1-3H3;8-9H,4-7H2,1-3H3. The van der Waals surface area contributed by atoms with E-state index in [1.807, 2.05) is 11.8 Å². The van der Waals surface area contributed by atoms with Gasteiger partial charge >= 0.3 is 0 Å². The van der Waals surface area contributed by atoms with E-state index in [-0.39, 0.29) is 0 Å². The number of rotatable bonds is 10. The number of hydrogen-bond acceptors (Lipinski definition) is 3. The van der Waals surface area contributed by atoms with Crippen LogP contribution in [-0.2, 0) is 22.7 Å². The van der Waals surface area contributed by atoms with E-state index in [1.165, 1.54) is 69.1 Å². The Bertz CT molecular complexity index is 924. The van der Waals surface area contributed by atoms with Crippen molar-refractivity contribution >= 4 is 53.5 Å². The Morgan fingerprint density at radius 1 is 0.719 bits per heavy atom. The molecular formula is C26H38Br2O2S2. The Morgan fingerprint density at radius 2 is 1.09 bits per heavy atom. The molecule has 2 nitrogen and oxygen atoms in total. The highest BCUT2D eigenvalue weighted by Crippen LogP contribution is 2.24. The van der Waals surface area contributed by atoms with Crippen LogP contribution in [-0.4, -0.2) is 32.4 Å². The Hall–Kier alpha value is -0.300. The molecular weight excluding hydrogens is 568 g/mol. The third-order valence-electron chi connectivity index (χ3n) is 5.29. The highest BCUT2D eigenvalue weighted by Gasteiger charge is 2.05. The molecule has 0 aliphatic heterocycles. The van der Waals surface area contributed by atoms with Crippen molar-refractivity contribution in [2.45, 2.75) is 66.2 Å². The fraction of sp³-hybridized carbons (Fsp3) is 0.538. The van der Waals surface area contributed by atoms with Crippen molar-refractivity contribution in [2.75, 3.05) is 24.0 Å². The van der Waals surface area contributed by atoms with Gasteiger partial charge < -0.3 is 0 Å². The van der Waals surface area contributed by atoms with E-state index < -0.39 is 9.84 Å². The summed E-state index contributed by atoms with van der Waals surface area (Å²) in [6, 6.07) is 8.93. The van der Waals surface area contributed by atoms with Gasteiger partial charge in [0, 0.05) is 21.0 Å². The smallest absolute Gasteiger partial charge is 0.147 e. The molecule has 0 fully saturated rings. The summed E-state index contributed by atoms with van der Waals surface area (Å²) >= 11 is 9.08. The van der Waals surface area contributed by atoms with Gasteiger partial charge in [-0.1, -0.05) is 56.1 Å². The number of unbranched alkanes of at least 4 members (excludes halogenated alkanes) is 2. The quantitative estimate of drug-likeness (QED) is 0.256. The van der Waals surface area contributed by atoms with Gasteiger partial charge in [-0.25, -0.2) is 8.42 Å². The molecule has 180 valence electrons. The van der Waals surface area contributed by atoms with Crippen LogP contribution in [0.25, 0.3) is 0 Å². The zero-order valence-electron chi connectivity index (χ0n) is 20.4. The maximum atomic E-state index is 11.0. The lowest BCUT2D eigenvalue weighted by molar-refractivity contribution is 0.597. The van der Waals surface area contributed by atoms with Crippen LogP contribution in [0.4, 0.5) is 0 Å². The Labute approximate surface area is 217 Å². The van der Waals surface area contributed by atoms with Gasteiger partial charge in [-0.2, -0.15) is 11.8 Å². The number of benzene rings is 2. The maximum absolute atomic E-state index is 11.0. The lowest BCUT2D eigenvalue weighted by Crippen LogP contribution is -2.03. The second kappa shape index (κ2) is 14.9. The van der Waals surface area contributed by atoms with Gasteiger partial charge in [0.2, 0.25) is 0 Å². The third kappa shape index (κ3) is 11.7. The fourth-order valence-electron chi connectivity index (χ4n) is 3.63. The predicted molar refractivity (Wildman–Crippen MR) is 151 cm³/mol. The molecule has 0 spiro atoms. The number of aryl methyl sites for hydroxylation is 6. The molecule has 0 N–H and O–H groups in total. The summed E-state index contributed by atoms with van der Waals surface area (Å²) in [7, 11) is -2.81. The van der Waals surface area contributed by atoms with E-state index in [1.54, 1.807) is 0 Å². The predicted octanol–water partition coefficient (Wildman–Crippen LogP) is 8.18. The van der Waals surface area contributed by atoms with E-state index in [4.69, 9.17) is 0 Å². The average Bonchev–Trinajstić information content (AvgIpc) is 2.70. The van der Waals surface area contributed by atoms with Crippen LogP contribution in [0.1, 0.15) is 59.1 Å². The lowest BCUT2D eigenvalue weighted by atomic mass is 10.0. The molecule has 0 aliphatic rings. The van der Waals surface area contributed by atoms with Gasteiger partial charge in [-0.15, -0.1) is 0 Å². The summed E-state index contributed by atoms with van der Waals surface area (Å²) in [5.41, 5.74) is 7.96. The maximum Gasteiger partial charge on any atom is 0.147 e. The molecule has 0 saturated heterocycles. The number of sulfone groups is 1. The lowest BCUT2D eigenvalue weighted by Gasteiger charge is -2.07. The van der Waals surface area contributed by atoms with Gasteiger partial charge in [0.1, 0.15) is 9.84 Å². The van der Waals surface area contributed by atoms with Crippen molar-refractivity contribution in [1.82, 2.24) is 0 Å². The fourth-order valence-corrected chi connectivity index (χ4v) is 5.31. The first-order valence-corrected chi connectivity index (χ1v) is 16.2. The highest BCUT2D eigenvalue weighted by molar-refractivity contribution is 9.10. The van der Waals surface area contributed by atoms with E-state index in [2.05, 4.69) is 90.1 Å². The number of hydrogen-bond donors (Lipinski definition) is 0. The summed E-state index contributed by atoms with van der Waals surface area (Å²) in [5, 5.41) is 0. The molecule has 0 amide bonds. The molecule has 0 saturated carbocycles. The van der Waals surface area contributed by atoms with E-state index >= 15 is 0 Å². The molecule has 2 aromatic rings. The molecule has 0 atom stereocenters. The van der Waals surface area contributed by atoms with Gasteiger partial charge in [-0.3, -0.25) is 0 Å². The molecule has 0 aromatic heterocycles. The first-order chi connectivity index (χ1) is 14.9. The Balaban J connectivity index is 0.000000323. The zero-order valence-corrected chi connectivity index (χ0v) is 25.2. The van der Waals surface area contributed by atoms with Crippen LogP contribution >= 0.6 is 43.6 Å². The van der Waals surface area contributed by atoms with E-state index in [0.717, 1.165) is 23.7 Å². The molecule has 2 rings (SSSR count). The highest BCUT2D eigenvalue weighted by atomic mass is 79.9. The molecule has 0 aliphatic carbocycles. The van der Waals surface area contributed by atoms with Gasteiger partial charge in [0.15, 0.2) is 0 Å². The minimum absolute atomic E-state index is 0.293. The van der Waals surface area contributed by atoms with Crippen molar-refractivity contribution in [2.24, 2.45) is 0 Å². The average molecular weight is 607 g/mol. The minimum atomic E-state index is -2.81. The van der Waals surface area contributed by atoms with Crippen LogP contribution in [0.3, 0.4) is 0 Å². The van der Waals surface area contributed by atoms with Crippen LogP contribution in [0.5, 0.6) is 0 Å².